The molecule has 1 aromatic carbocycles. The molecule has 2 N–H and O–H groups in total. The van der Waals surface area contributed by atoms with E-state index in [1.54, 1.807) is 0 Å². The van der Waals surface area contributed by atoms with Crippen molar-refractivity contribution in [1.82, 2.24) is 10.3 Å². The van der Waals surface area contributed by atoms with Crippen LogP contribution in [0.15, 0.2) is 24.3 Å². The minimum absolute atomic E-state index is 0.0596. The molecule has 2 atom stereocenters. The number of methoxy groups -OCH3 is 1. The molecule has 4 rings (SSSR count). The topological polar surface area (TPSA) is 54.1 Å². The number of carbonyl (C=O) groups excluding carboxylic acids is 1. The van der Waals surface area contributed by atoms with Gasteiger partial charge in [0.2, 0.25) is 0 Å². The standard InChI is InChI=1S/C17H20N2O2/c1-21-16(20)17-9-13-12-4-2-3-5-14(12)19-15(13)8-11(17)6-7-18-10-17/h2-5,11,18-19H,6-10H2,1H3/t11-,17-/m0/s1. The Morgan fingerprint density at radius 2 is 2.24 bits per heavy atom. The Labute approximate surface area is 123 Å². The number of fused-ring (bicyclic) bond motifs is 4. The van der Waals surface area contributed by atoms with Crippen molar-refractivity contribution in [3.63, 3.8) is 0 Å². The molecule has 2 aliphatic rings. The minimum atomic E-state index is -0.398. The van der Waals surface area contributed by atoms with Crippen LogP contribution >= 0.6 is 0 Å². The first-order valence-corrected chi connectivity index (χ1v) is 7.62. The number of benzene rings is 1. The van der Waals surface area contributed by atoms with Crippen LogP contribution in [0.1, 0.15) is 17.7 Å². The fourth-order valence-corrected chi connectivity index (χ4v) is 4.22. The summed E-state index contributed by atoms with van der Waals surface area (Å²) in [6.07, 6.45) is 2.75. The summed E-state index contributed by atoms with van der Waals surface area (Å²) >= 11 is 0. The van der Waals surface area contributed by atoms with Crippen LogP contribution in [-0.4, -0.2) is 31.2 Å². The second kappa shape index (κ2) is 4.60. The fraction of sp³-hybridized carbons (Fsp3) is 0.471. The average Bonchev–Trinajstić information content (AvgIpc) is 2.89. The van der Waals surface area contributed by atoms with E-state index in [0.717, 1.165) is 32.4 Å². The highest BCUT2D eigenvalue weighted by molar-refractivity contribution is 5.87. The lowest BCUT2D eigenvalue weighted by Gasteiger charge is -2.45. The monoisotopic (exact) mass is 284 g/mol. The predicted molar refractivity (Wildman–Crippen MR) is 81.1 cm³/mol. The van der Waals surface area contributed by atoms with Gasteiger partial charge in [-0.1, -0.05) is 18.2 Å². The van der Waals surface area contributed by atoms with Crippen LogP contribution in [-0.2, 0) is 22.4 Å². The van der Waals surface area contributed by atoms with Gasteiger partial charge in [0.25, 0.3) is 0 Å². The maximum absolute atomic E-state index is 12.5. The molecule has 110 valence electrons. The average molecular weight is 284 g/mol. The summed E-state index contributed by atoms with van der Waals surface area (Å²) in [7, 11) is 1.51. The summed E-state index contributed by atoms with van der Waals surface area (Å²) in [4.78, 5) is 16.1. The van der Waals surface area contributed by atoms with E-state index in [4.69, 9.17) is 4.74 Å². The van der Waals surface area contributed by atoms with E-state index < -0.39 is 5.41 Å². The number of rotatable bonds is 1. The van der Waals surface area contributed by atoms with Crippen LogP contribution in [0.5, 0.6) is 0 Å². The van der Waals surface area contributed by atoms with Crippen molar-refractivity contribution < 1.29 is 9.53 Å². The molecule has 4 nitrogen and oxygen atoms in total. The highest BCUT2D eigenvalue weighted by Crippen LogP contribution is 2.45. The number of aromatic nitrogens is 1. The summed E-state index contributed by atoms with van der Waals surface area (Å²) in [5.41, 5.74) is 3.39. The fourth-order valence-electron chi connectivity index (χ4n) is 4.22. The van der Waals surface area contributed by atoms with Crippen LogP contribution in [0.25, 0.3) is 10.9 Å². The quantitative estimate of drug-likeness (QED) is 0.788. The summed E-state index contributed by atoms with van der Waals surface area (Å²) in [6.45, 7) is 1.71. The molecule has 2 aromatic rings. The molecule has 0 saturated carbocycles. The number of esters is 1. The van der Waals surface area contributed by atoms with Gasteiger partial charge in [0.15, 0.2) is 0 Å². The molecule has 21 heavy (non-hydrogen) atoms. The maximum atomic E-state index is 12.5. The highest BCUT2D eigenvalue weighted by atomic mass is 16.5. The van der Waals surface area contributed by atoms with Crippen LogP contribution in [0.3, 0.4) is 0 Å². The molecular weight excluding hydrogens is 264 g/mol. The van der Waals surface area contributed by atoms with Crippen LogP contribution in [0.4, 0.5) is 0 Å². The second-order valence-corrected chi connectivity index (χ2v) is 6.32. The smallest absolute Gasteiger partial charge is 0.313 e. The van der Waals surface area contributed by atoms with E-state index in [0.29, 0.717) is 5.92 Å². The molecule has 0 bridgehead atoms. The second-order valence-electron chi connectivity index (χ2n) is 6.32. The van der Waals surface area contributed by atoms with Crippen molar-refractivity contribution in [3.05, 3.63) is 35.5 Å². The van der Waals surface area contributed by atoms with Gasteiger partial charge in [-0.2, -0.15) is 0 Å². The predicted octanol–water partition coefficient (Wildman–Crippen LogP) is 2.04. The summed E-state index contributed by atoms with van der Waals surface area (Å²) in [5.74, 6) is 0.308. The number of nitrogens with one attached hydrogen (secondary N) is 2. The summed E-state index contributed by atoms with van der Waals surface area (Å²) in [5, 5.41) is 4.65. The van der Waals surface area contributed by atoms with Gasteiger partial charge in [-0.25, -0.2) is 0 Å². The normalized spacial score (nSPS) is 28.0. The number of aromatic amines is 1. The van der Waals surface area contributed by atoms with Gasteiger partial charge in [-0.05, 0) is 43.4 Å². The molecule has 1 aromatic heterocycles. The Morgan fingerprint density at radius 1 is 1.38 bits per heavy atom. The van der Waals surface area contributed by atoms with Gasteiger partial charge in [-0.15, -0.1) is 0 Å². The van der Waals surface area contributed by atoms with Crippen molar-refractivity contribution >= 4 is 16.9 Å². The Bertz CT molecular complexity index is 706. The molecular formula is C17H20N2O2. The van der Waals surface area contributed by atoms with Gasteiger partial charge in [0.05, 0.1) is 12.5 Å². The van der Waals surface area contributed by atoms with E-state index >= 15 is 0 Å². The zero-order valence-corrected chi connectivity index (χ0v) is 12.2. The van der Waals surface area contributed by atoms with Crippen molar-refractivity contribution in [2.75, 3.05) is 20.2 Å². The number of para-hydroxylation sites is 1. The van der Waals surface area contributed by atoms with E-state index in [1.165, 1.54) is 29.3 Å². The van der Waals surface area contributed by atoms with E-state index in [2.05, 4.69) is 34.6 Å². The number of ether oxygens (including phenoxy) is 1. The van der Waals surface area contributed by atoms with E-state index in [9.17, 15) is 4.79 Å². The van der Waals surface area contributed by atoms with Gasteiger partial charge in [0, 0.05) is 23.1 Å². The first-order chi connectivity index (χ1) is 10.2. The minimum Gasteiger partial charge on any atom is -0.469 e. The number of piperidine rings is 1. The molecule has 2 heterocycles. The molecule has 0 radical (unpaired) electrons. The van der Waals surface area contributed by atoms with Crippen molar-refractivity contribution in [2.24, 2.45) is 11.3 Å². The van der Waals surface area contributed by atoms with Crippen LogP contribution in [0.2, 0.25) is 0 Å². The summed E-state index contributed by atoms with van der Waals surface area (Å²) in [6, 6.07) is 8.37. The maximum Gasteiger partial charge on any atom is 0.313 e. The van der Waals surface area contributed by atoms with Gasteiger partial charge in [0.1, 0.15) is 0 Å². The SMILES string of the molecule is COC(=O)[C@@]12CNCC[C@H]1Cc1[nH]c3ccccc3c1C2. The first-order valence-electron chi connectivity index (χ1n) is 7.62. The van der Waals surface area contributed by atoms with Crippen LogP contribution in [0, 0.1) is 11.3 Å². The lowest BCUT2D eigenvalue weighted by atomic mass is 9.62. The zero-order chi connectivity index (χ0) is 14.4. The molecule has 4 heteroatoms. The largest absolute Gasteiger partial charge is 0.469 e. The van der Waals surface area contributed by atoms with Gasteiger partial charge >= 0.3 is 5.97 Å². The molecule has 1 fully saturated rings. The lowest BCUT2D eigenvalue weighted by molar-refractivity contribution is -0.158. The third-order valence-electron chi connectivity index (χ3n) is 5.33. The zero-order valence-electron chi connectivity index (χ0n) is 12.2. The molecule has 1 saturated heterocycles. The van der Waals surface area contributed by atoms with Gasteiger partial charge in [-0.3, -0.25) is 4.79 Å². The van der Waals surface area contributed by atoms with E-state index in [1.807, 2.05) is 0 Å². The number of hydrogen-bond donors (Lipinski definition) is 2. The van der Waals surface area contributed by atoms with Crippen molar-refractivity contribution in [2.45, 2.75) is 19.3 Å². The molecule has 0 spiro atoms. The van der Waals surface area contributed by atoms with Crippen molar-refractivity contribution in [3.8, 4) is 0 Å². The van der Waals surface area contributed by atoms with Gasteiger partial charge < -0.3 is 15.0 Å². The molecule has 1 aliphatic heterocycles. The number of hydrogen-bond acceptors (Lipinski definition) is 3. The Hall–Kier alpha value is -1.81. The molecule has 0 amide bonds. The van der Waals surface area contributed by atoms with E-state index in [-0.39, 0.29) is 5.97 Å². The number of H-pyrrole nitrogens is 1. The third kappa shape index (κ3) is 1.75. The van der Waals surface area contributed by atoms with Crippen molar-refractivity contribution in [1.29, 1.82) is 0 Å². The molecule has 1 aliphatic carbocycles. The Balaban J connectivity index is 1.86. The summed E-state index contributed by atoms with van der Waals surface area (Å²) < 4.78 is 5.16. The number of carbonyl (C=O) groups is 1. The highest BCUT2D eigenvalue weighted by Gasteiger charge is 2.51. The Morgan fingerprint density at radius 3 is 3.10 bits per heavy atom. The Kier molecular flexibility index (Phi) is 2.82. The lowest BCUT2D eigenvalue weighted by Crippen LogP contribution is -2.55. The molecule has 0 unspecified atom stereocenters. The van der Waals surface area contributed by atoms with Crippen LogP contribution < -0.4 is 5.32 Å². The third-order valence-corrected chi connectivity index (χ3v) is 5.33. The first kappa shape index (κ1) is 12.9.